The SMILES string of the molecule is OC(COCc1ccccc1)CC(CC(O)c1ccc(Cl)c(Cc2ccc(OCCOC3CC3)cc2)c1)OCc1ccccc1. The summed E-state index contributed by atoms with van der Waals surface area (Å²) in [4.78, 5) is 0. The minimum atomic E-state index is -0.798. The van der Waals surface area contributed by atoms with Crippen LogP contribution in [-0.4, -0.2) is 48.3 Å². The molecule has 0 saturated heterocycles. The van der Waals surface area contributed by atoms with Crippen molar-refractivity contribution in [1.29, 1.82) is 0 Å². The second-order valence-corrected chi connectivity index (χ2v) is 12.1. The smallest absolute Gasteiger partial charge is 0.119 e. The normalized spacial score (nSPS) is 15.0. The molecule has 5 rings (SSSR count). The molecule has 7 heteroatoms. The highest BCUT2D eigenvalue weighted by Crippen LogP contribution is 2.29. The van der Waals surface area contributed by atoms with E-state index in [2.05, 4.69) is 0 Å². The van der Waals surface area contributed by atoms with E-state index in [1.54, 1.807) is 0 Å². The lowest BCUT2D eigenvalue weighted by atomic mass is 9.96. The Morgan fingerprint density at radius 1 is 0.733 bits per heavy atom. The lowest BCUT2D eigenvalue weighted by molar-refractivity contribution is -0.0448. The van der Waals surface area contributed by atoms with Crippen molar-refractivity contribution in [3.63, 3.8) is 0 Å². The fraction of sp³-hybridized carbons (Fsp3) is 0.368. The van der Waals surface area contributed by atoms with Gasteiger partial charge in [0.25, 0.3) is 0 Å². The first-order valence-electron chi connectivity index (χ1n) is 15.8. The van der Waals surface area contributed by atoms with Crippen LogP contribution < -0.4 is 4.74 Å². The Labute approximate surface area is 271 Å². The molecule has 1 fully saturated rings. The molecule has 6 nitrogen and oxygen atoms in total. The van der Waals surface area contributed by atoms with Gasteiger partial charge in [-0.1, -0.05) is 96.5 Å². The molecule has 4 aromatic rings. The Bertz CT molecular complexity index is 1410. The van der Waals surface area contributed by atoms with Crippen LogP contribution in [0.15, 0.2) is 103 Å². The first-order valence-corrected chi connectivity index (χ1v) is 16.1. The second kappa shape index (κ2) is 17.5. The topological polar surface area (TPSA) is 77.4 Å². The van der Waals surface area contributed by atoms with E-state index >= 15 is 0 Å². The van der Waals surface area contributed by atoms with Gasteiger partial charge in [-0.25, -0.2) is 0 Å². The first kappa shape index (κ1) is 33.1. The van der Waals surface area contributed by atoms with Crippen molar-refractivity contribution in [1.82, 2.24) is 0 Å². The molecular weight excluding hydrogens is 588 g/mol. The lowest BCUT2D eigenvalue weighted by Crippen LogP contribution is -2.26. The van der Waals surface area contributed by atoms with Crippen LogP contribution in [0.5, 0.6) is 5.75 Å². The fourth-order valence-corrected chi connectivity index (χ4v) is 5.32. The molecule has 3 unspecified atom stereocenters. The van der Waals surface area contributed by atoms with Crippen LogP contribution in [0.2, 0.25) is 5.02 Å². The summed E-state index contributed by atoms with van der Waals surface area (Å²) in [6, 6.07) is 33.4. The van der Waals surface area contributed by atoms with Crippen molar-refractivity contribution >= 4 is 11.6 Å². The van der Waals surface area contributed by atoms with Gasteiger partial charge in [0.15, 0.2) is 0 Å². The second-order valence-electron chi connectivity index (χ2n) is 11.7. The number of ether oxygens (including phenoxy) is 4. The summed E-state index contributed by atoms with van der Waals surface area (Å²) >= 11 is 6.59. The van der Waals surface area contributed by atoms with Crippen molar-refractivity contribution in [2.75, 3.05) is 19.8 Å². The van der Waals surface area contributed by atoms with E-state index in [9.17, 15) is 10.2 Å². The molecular formula is C38H43ClO6. The average molecular weight is 631 g/mol. The van der Waals surface area contributed by atoms with Gasteiger partial charge in [0.2, 0.25) is 0 Å². The Kier molecular flexibility index (Phi) is 12.9. The number of aliphatic hydroxyl groups excluding tert-OH is 2. The summed E-state index contributed by atoms with van der Waals surface area (Å²) in [5.74, 6) is 0.808. The maximum absolute atomic E-state index is 11.3. The Hall–Kier alpha value is -3.23. The largest absolute Gasteiger partial charge is 0.491 e. The van der Waals surface area contributed by atoms with Gasteiger partial charge in [-0.05, 0) is 65.3 Å². The van der Waals surface area contributed by atoms with E-state index < -0.39 is 18.3 Å². The summed E-state index contributed by atoms with van der Waals surface area (Å²) in [6.07, 6.45) is 2.10. The standard InChI is InChI=1S/C38H43ClO6/c39-37-18-13-31(22-32(37)21-28-11-14-34(15-12-28)43-19-20-44-35-16-17-35)38(41)24-36(45-26-30-9-5-2-6-10-30)23-33(40)27-42-25-29-7-3-1-4-8-29/h1-15,18,22,33,35-36,38,40-41H,16-17,19-21,23-27H2. The van der Waals surface area contributed by atoms with Gasteiger partial charge >= 0.3 is 0 Å². The van der Waals surface area contributed by atoms with Crippen molar-refractivity contribution in [2.45, 2.75) is 69.7 Å². The van der Waals surface area contributed by atoms with E-state index in [1.807, 2.05) is 103 Å². The van der Waals surface area contributed by atoms with Crippen LogP contribution in [-0.2, 0) is 33.8 Å². The van der Waals surface area contributed by atoms with E-state index in [-0.39, 0.29) is 6.61 Å². The number of hydrogen-bond acceptors (Lipinski definition) is 6. The molecule has 2 N–H and O–H groups in total. The third kappa shape index (κ3) is 11.6. The van der Waals surface area contributed by atoms with Gasteiger partial charge < -0.3 is 29.2 Å². The average Bonchev–Trinajstić information content (AvgIpc) is 3.89. The van der Waals surface area contributed by atoms with Crippen molar-refractivity contribution < 1.29 is 29.2 Å². The highest BCUT2D eigenvalue weighted by molar-refractivity contribution is 6.31. The van der Waals surface area contributed by atoms with Gasteiger partial charge in [0, 0.05) is 17.9 Å². The van der Waals surface area contributed by atoms with E-state index in [1.165, 1.54) is 0 Å². The third-order valence-electron chi connectivity index (χ3n) is 7.77. The van der Waals surface area contributed by atoms with Crippen LogP contribution in [0.4, 0.5) is 0 Å². The molecule has 0 amide bonds. The molecule has 4 aromatic carbocycles. The molecule has 0 heterocycles. The summed E-state index contributed by atoms with van der Waals surface area (Å²) in [7, 11) is 0. The van der Waals surface area contributed by atoms with Crippen LogP contribution in [0.25, 0.3) is 0 Å². The van der Waals surface area contributed by atoms with Crippen LogP contribution in [0, 0.1) is 0 Å². The molecule has 0 aliphatic heterocycles. The summed E-state index contributed by atoms with van der Waals surface area (Å²) in [5.41, 5.74) is 4.86. The Morgan fingerprint density at radius 3 is 2.11 bits per heavy atom. The maximum Gasteiger partial charge on any atom is 0.119 e. The number of aliphatic hydroxyl groups is 2. The molecule has 238 valence electrons. The number of hydrogen-bond donors (Lipinski definition) is 2. The predicted molar refractivity (Wildman–Crippen MR) is 176 cm³/mol. The molecule has 0 radical (unpaired) electrons. The molecule has 0 spiro atoms. The monoisotopic (exact) mass is 630 g/mol. The van der Waals surface area contributed by atoms with Gasteiger partial charge in [0.05, 0.1) is 50.8 Å². The van der Waals surface area contributed by atoms with E-state index in [0.29, 0.717) is 56.8 Å². The summed E-state index contributed by atoms with van der Waals surface area (Å²) < 4.78 is 23.5. The quantitative estimate of drug-likeness (QED) is 0.105. The molecule has 1 aliphatic carbocycles. The highest BCUT2D eigenvalue weighted by Gasteiger charge is 2.22. The Balaban J connectivity index is 1.17. The molecule has 1 saturated carbocycles. The van der Waals surface area contributed by atoms with Crippen LogP contribution in [0.1, 0.15) is 59.6 Å². The van der Waals surface area contributed by atoms with Crippen molar-refractivity contribution in [2.24, 2.45) is 0 Å². The first-order chi connectivity index (χ1) is 22.0. The van der Waals surface area contributed by atoms with Gasteiger partial charge in [0.1, 0.15) is 12.4 Å². The van der Waals surface area contributed by atoms with E-state index in [0.717, 1.165) is 46.4 Å². The number of halogens is 1. The van der Waals surface area contributed by atoms with Crippen LogP contribution >= 0.6 is 11.6 Å². The highest BCUT2D eigenvalue weighted by atomic mass is 35.5. The lowest BCUT2D eigenvalue weighted by Gasteiger charge is -2.24. The van der Waals surface area contributed by atoms with Gasteiger partial charge in [-0.2, -0.15) is 0 Å². The zero-order chi connectivity index (χ0) is 31.3. The molecule has 45 heavy (non-hydrogen) atoms. The predicted octanol–water partition coefficient (Wildman–Crippen LogP) is 7.47. The molecule has 1 aliphatic rings. The van der Waals surface area contributed by atoms with Crippen molar-refractivity contribution in [3.05, 3.63) is 136 Å². The zero-order valence-corrected chi connectivity index (χ0v) is 26.4. The maximum atomic E-state index is 11.3. The van der Waals surface area contributed by atoms with Gasteiger partial charge in [-0.15, -0.1) is 0 Å². The minimum Gasteiger partial charge on any atom is -0.491 e. The van der Waals surface area contributed by atoms with E-state index in [4.69, 9.17) is 30.5 Å². The third-order valence-corrected chi connectivity index (χ3v) is 8.14. The van der Waals surface area contributed by atoms with Gasteiger partial charge in [-0.3, -0.25) is 0 Å². The summed E-state index contributed by atoms with van der Waals surface area (Å²) in [6.45, 7) is 2.13. The minimum absolute atomic E-state index is 0.180. The molecule has 0 aromatic heterocycles. The summed E-state index contributed by atoms with van der Waals surface area (Å²) in [5, 5.41) is 22.8. The van der Waals surface area contributed by atoms with Crippen LogP contribution in [0.3, 0.4) is 0 Å². The van der Waals surface area contributed by atoms with Crippen molar-refractivity contribution in [3.8, 4) is 5.75 Å². The Morgan fingerprint density at radius 2 is 1.42 bits per heavy atom. The molecule has 0 bridgehead atoms. The fourth-order valence-electron chi connectivity index (χ4n) is 5.13. The zero-order valence-electron chi connectivity index (χ0n) is 25.6. The number of rotatable bonds is 19. The number of benzene rings is 4. The molecule has 3 atom stereocenters.